The van der Waals surface area contributed by atoms with Crippen molar-refractivity contribution in [1.82, 2.24) is 0 Å². The number of hydrogen-bond donors (Lipinski definition) is 1. The van der Waals surface area contributed by atoms with Crippen LogP contribution in [0.2, 0.25) is 10.0 Å². The number of halogens is 4. The number of nitrogens with one attached hydrogen (secondary N) is 1. The largest absolute Gasteiger partial charge is 0.487 e. The quantitative estimate of drug-likeness (QED) is 0.165. The molecule has 162 valence electrons. The summed E-state index contributed by atoms with van der Waals surface area (Å²) < 4.78 is 7.80. The molecule has 0 aliphatic heterocycles. The van der Waals surface area contributed by atoms with Crippen LogP contribution in [-0.2, 0) is 11.4 Å². The van der Waals surface area contributed by atoms with Crippen molar-refractivity contribution in [3.05, 3.63) is 94.0 Å². The third-order valence-corrected chi connectivity index (χ3v) is 6.51. The Balaban J connectivity index is 1.79. The predicted molar refractivity (Wildman–Crippen MR) is 146 cm³/mol. The topological polar surface area (TPSA) is 62.1 Å². The number of rotatable bonds is 6. The van der Waals surface area contributed by atoms with Crippen molar-refractivity contribution in [3.8, 4) is 11.8 Å². The second-order valence-electron chi connectivity index (χ2n) is 6.84. The van der Waals surface area contributed by atoms with Crippen LogP contribution < -0.4 is 10.1 Å². The minimum atomic E-state index is -0.568. The summed E-state index contributed by atoms with van der Waals surface area (Å²) in [6.07, 6.45) is 1.53. The lowest BCUT2D eigenvalue weighted by atomic mass is 10.1. The van der Waals surface area contributed by atoms with E-state index in [1.807, 2.05) is 43.3 Å². The number of anilines is 1. The molecule has 0 aromatic heterocycles. The molecule has 0 heterocycles. The van der Waals surface area contributed by atoms with Gasteiger partial charge < -0.3 is 10.1 Å². The Bertz CT molecular complexity index is 1230. The highest BCUT2D eigenvalue weighted by atomic mass is 127. The first-order valence-corrected chi connectivity index (χ1v) is 12.2. The number of nitrogens with zero attached hydrogens (tertiary/aromatic N) is 1. The van der Waals surface area contributed by atoms with E-state index in [1.54, 1.807) is 12.1 Å². The highest BCUT2D eigenvalue weighted by Crippen LogP contribution is 2.31. The number of ether oxygens (including phenoxy) is 1. The van der Waals surface area contributed by atoms with E-state index in [0.717, 1.165) is 18.5 Å². The minimum Gasteiger partial charge on any atom is -0.487 e. The summed E-state index contributed by atoms with van der Waals surface area (Å²) in [5.41, 5.74) is 3.27. The van der Waals surface area contributed by atoms with Crippen LogP contribution in [0.5, 0.6) is 5.75 Å². The van der Waals surface area contributed by atoms with E-state index in [2.05, 4.69) is 56.6 Å². The summed E-state index contributed by atoms with van der Waals surface area (Å²) in [6.45, 7) is 2.50. The third kappa shape index (κ3) is 6.61. The zero-order valence-corrected chi connectivity index (χ0v) is 22.6. The van der Waals surface area contributed by atoms with Gasteiger partial charge in [-0.05, 0) is 99.6 Å². The monoisotopic (exact) mass is 688 g/mol. The molecule has 0 spiro atoms. The summed E-state index contributed by atoms with van der Waals surface area (Å²) in [6, 6.07) is 18.6. The summed E-state index contributed by atoms with van der Waals surface area (Å²) in [4.78, 5) is 12.6. The van der Waals surface area contributed by atoms with E-state index in [4.69, 9.17) is 27.9 Å². The molecular weight excluding hydrogens is 673 g/mol. The lowest BCUT2D eigenvalue weighted by Crippen LogP contribution is -2.13. The number of nitriles is 1. The molecule has 0 fully saturated rings. The molecule has 1 amide bonds. The average Bonchev–Trinajstić information content (AvgIpc) is 2.74. The van der Waals surface area contributed by atoms with Gasteiger partial charge in [0.25, 0.3) is 5.91 Å². The zero-order chi connectivity index (χ0) is 23.3. The molecule has 3 aromatic carbocycles. The molecule has 32 heavy (non-hydrogen) atoms. The molecule has 8 heteroatoms. The standard InChI is InChI=1S/C24H16Cl2I2N2O2/c1-14-3-2-4-15(7-14)13-32-23-20(27)9-16(10-21(23)28)8-17(12-29)24(31)30-22-11-18(25)5-6-19(22)26/h2-11H,13H2,1H3,(H,30,31)/b17-8+. The van der Waals surface area contributed by atoms with Gasteiger partial charge in [0.05, 0.1) is 17.9 Å². The summed E-state index contributed by atoms with van der Waals surface area (Å²) in [7, 11) is 0. The van der Waals surface area contributed by atoms with E-state index < -0.39 is 5.91 Å². The minimum absolute atomic E-state index is 0.0546. The van der Waals surface area contributed by atoms with Gasteiger partial charge in [-0.1, -0.05) is 53.0 Å². The van der Waals surface area contributed by atoms with Crippen LogP contribution in [0.4, 0.5) is 5.69 Å². The number of carbonyl (C=O) groups excluding carboxylic acids is 1. The number of aryl methyl sites for hydroxylation is 1. The first kappa shape index (κ1) is 24.8. The van der Waals surface area contributed by atoms with Crippen molar-refractivity contribution in [2.75, 3.05) is 5.32 Å². The molecule has 0 unspecified atom stereocenters. The van der Waals surface area contributed by atoms with Crippen molar-refractivity contribution in [3.63, 3.8) is 0 Å². The van der Waals surface area contributed by atoms with E-state index in [9.17, 15) is 10.1 Å². The van der Waals surface area contributed by atoms with Gasteiger partial charge in [-0.2, -0.15) is 5.26 Å². The van der Waals surface area contributed by atoms with E-state index in [1.165, 1.54) is 17.7 Å². The van der Waals surface area contributed by atoms with Crippen LogP contribution in [0.15, 0.2) is 60.2 Å². The molecule has 0 bridgehead atoms. The van der Waals surface area contributed by atoms with Crippen molar-refractivity contribution >= 4 is 86.1 Å². The van der Waals surface area contributed by atoms with Crippen molar-refractivity contribution in [2.24, 2.45) is 0 Å². The zero-order valence-electron chi connectivity index (χ0n) is 16.8. The highest BCUT2D eigenvalue weighted by Gasteiger charge is 2.14. The second kappa shape index (κ2) is 11.4. The highest BCUT2D eigenvalue weighted by molar-refractivity contribution is 14.1. The normalized spacial score (nSPS) is 11.1. The van der Waals surface area contributed by atoms with E-state index in [0.29, 0.717) is 27.9 Å². The Morgan fingerprint density at radius 3 is 2.50 bits per heavy atom. The van der Waals surface area contributed by atoms with Crippen LogP contribution in [0, 0.1) is 25.4 Å². The molecule has 1 N–H and O–H groups in total. The fraction of sp³-hybridized carbons (Fsp3) is 0.0833. The summed E-state index contributed by atoms with van der Waals surface area (Å²) >= 11 is 16.4. The molecule has 0 radical (unpaired) electrons. The molecule has 0 aliphatic carbocycles. The summed E-state index contributed by atoms with van der Waals surface area (Å²) in [5, 5.41) is 12.9. The maximum Gasteiger partial charge on any atom is 0.266 e. The van der Waals surface area contributed by atoms with E-state index >= 15 is 0 Å². The number of benzene rings is 3. The maximum atomic E-state index is 12.6. The van der Waals surface area contributed by atoms with Crippen LogP contribution >= 0.6 is 68.4 Å². The molecule has 0 atom stereocenters. The Kier molecular flexibility index (Phi) is 8.82. The Hall–Kier alpha value is -1.80. The van der Waals surface area contributed by atoms with Crippen LogP contribution in [0.25, 0.3) is 6.08 Å². The fourth-order valence-electron chi connectivity index (χ4n) is 2.86. The van der Waals surface area contributed by atoms with Gasteiger partial charge in [0.1, 0.15) is 24.0 Å². The molecule has 4 nitrogen and oxygen atoms in total. The van der Waals surface area contributed by atoms with Crippen molar-refractivity contribution < 1.29 is 9.53 Å². The SMILES string of the molecule is Cc1cccc(COc2c(I)cc(/C=C(\C#N)C(=O)Nc3cc(Cl)ccc3Cl)cc2I)c1. The Morgan fingerprint density at radius 1 is 1.12 bits per heavy atom. The van der Waals surface area contributed by atoms with Crippen LogP contribution in [0.1, 0.15) is 16.7 Å². The fourth-order valence-corrected chi connectivity index (χ4v) is 5.32. The first-order valence-electron chi connectivity index (χ1n) is 9.32. The Morgan fingerprint density at radius 2 is 1.84 bits per heavy atom. The van der Waals surface area contributed by atoms with Gasteiger partial charge in [0.2, 0.25) is 0 Å². The molecule has 3 aromatic rings. The molecule has 0 aliphatic rings. The van der Waals surface area contributed by atoms with Gasteiger partial charge >= 0.3 is 0 Å². The van der Waals surface area contributed by atoms with Crippen molar-refractivity contribution in [2.45, 2.75) is 13.5 Å². The summed E-state index contributed by atoms with van der Waals surface area (Å²) in [5.74, 6) is 0.194. The average molecular weight is 689 g/mol. The number of amides is 1. The van der Waals surface area contributed by atoms with E-state index in [-0.39, 0.29) is 5.57 Å². The van der Waals surface area contributed by atoms with Gasteiger partial charge in [-0.3, -0.25) is 4.79 Å². The maximum absolute atomic E-state index is 12.6. The molecular formula is C24H16Cl2I2N2O2. The number of carbonyl (C=O) groups is 1. The molecule has 3 rings (SSSR count). The number of hydrogen-bond acceptors (Lipinski definition) is 3. The molecule has 0 saturated heterocycles. The Labute approximate surface area is 223 Å². The molecule has 0 saturated carbocycles. The first-order chi connectivity index (χ1) is 15.3. The third-order valence-electron chi connectivity index (χ3n) is 4.34. The van der Waals surface area contributed by atoms with Crippen LogP contribution in [0.3, 0.4) is 0 Å². The van der Waals surface area contributed by atoms with Gasteiger partial charge in [-0.15, -0.1) is 0 Å². The van der Waals surface area contributed by atoms with Gasteiger partial charge in [0, 0.05) is 5.02 Å². The van der Waals surface area contributed by atoms with Gasteiger partial charge in [0.15, 0.2) is 0 Å². The smallest absolute Gasteiger partial charge is 0.266 e. The predicted octanol–water partition coefficient (Wildman–Crippen LogP) is 7.64. The second-order valence-corrected chi connectivity index (χ2v) is 10.0. The van der Waals surface area contributed by atoms with Crippen LogP contribution in [-0.4, -0.2) is 5.91 Å². The van der Waals surface area contributed by atoms with Gasteiger partial charge in [-0.25, -0.2) is 0 Å². The lowest BCUT2D eigenvalue weighted by Gasteiger charge is -2.12. The van der Waals surface area contributed by atoms with Crippen molar-refractivity contribution in [1.29, 1.82) is 5.26 Å². The lowest BCUT2D eigenvalue weighted by molar-refractivity contribution is -0.112.